The Hall–Kier alpha value is -6.85. The number of benzene rings is 7. The van der Waals surface area contributed by atoms with Crippen LogP contribution < -0.4 is 0 Å². The topological polar surface area (TPSA) is 56.7 Å². The molecule has 0 radical (unpaired) electrons. The Morgan fingerprint density at radius 2 is 0.940 bits per heavy atom. The highest BCUT2D eigenvalue weighted by Crippen LogP contribution is 2.39. The van der Waals surface area contributed by atoms with Crippen LogP contribution in [-0.4, -0.2) is 19.5 Å². The lowest BCUT2D eigenvalue weighted by Crippen LogP contribution is -2.00. The van der Waals surface area contributed by atoms with Crippen LogP contribution in [0.2, 0.25) is 0 Å². The Morgan fingerprint density at radius 3 is 1.72 bits per heavy atom. The van der Waals surface area contributed by atoms with E-state index in [1.54, 1.807) is 0 Å². The summed E-state index contributed by atoms with van der Waals surface area (Å²) < 4.78 is 8.62. The third kappa shape index (κ3) is 4.60. The lowest BCUT2D eigenvalue weighted by Gasteiger charge is -2.11. The summed E-state index contributed by atoms with van der Waals surface area (Å²) in [5.74, 6) is 1.89. The lowest BCUT2D eigenvalue weighted by atomic mass is 10.0. The second kappa shape index (κ2) is 11.4. The first-order valence-corrected chi connectivity index (χ1v) is 16.7. The van der Waals surface area contributed by atoms with Crippen molar-refractivity contribution >= 4 is 43.7 Å². The van der Waals surface area contributed by atoms with Crippen molar-refractivity contribution in [1.82, 2.24) is 19.5 Å². The predicted octanol–water partition coefficient (Wildman–Crippen LogP) is 11.5. The number of rotatable bonds is 5. The van der Waals surface area contributed by atoms with Crippen LogP contribution in [0, 0.1) is 0 Å². The zero-order valence-electron chi connectivity index (χ0n) is 26.9. The molecule has 5 heteroatoms. The Labute approximate surface area is 287 Å². The van der Waals surface area contributed by atoms with Crippen LogP contribution in [0.5, 0.6) is 0 Å². The molecule has 0 spiro atoms. The van der Waals surface area contributed by atoms with Crippen molar-refractivity contribution < 1.29 is 4.42 Å². The Balaban J connectivity index is 1.18. The molecule has 3 aromatic heterocycles. The average molecular weight is 641 g/mol. The van der Waals surface area contributed by atoms with Crippen molar-refractivity contribution in [2.75, 3.05) is 0 Å². The molecule has 10 aromatic rings. The molecule has 0 aliphatic rings. The first-order valence-electron chi connectivity index (χ1n) is 16.7. The monoisotopic (exact) mass is 640 g/mol. The fraction of sp³-hybridized carbons (Fsp3) is 0. The molecule has 50 heavy (non-hydrogen) atoms. The summed E-state index contributed by atoms with van der Waals surface area (Å²) >= 11 is 0. The van der Waals surface area contributed by atoms with E-state index in [1.165, 1.54) is 5.56 Å². The van der Waals surface area contributed by atoms with Crippen LogP contribution in [-0.2, 0) is 0 Å². The molecule has 0 aliphatic heterocycles. The van der Waals surface area contributed by atoms with Crippen molar-refractivity contribution in [1.29, 1.82) is 0 Å². The van der Waals surface area contributed by atoms with Gasteiger partial charge in [-0.3, -0.25) is 0 Å². The molecular weight excluding hydrogens is 613 g/mol. The van der Waals surface area contributed by atoms with Gasteiger partial charge in [0.2, 0.25) is 0 Å². The normalized spacial score (nSPS) is 11.6. The van der Waals surface area contributed by atoms with E-state index in [9.17, 15) is 0 Å². The zero-order valence-corrected chi connectivity index (χ0v) is 26.9. The van der Waals surface area contributed by atoms with Gasteiger partial charge in [0.15, 0.2) is 17.5 Å². The predicted molar refractivity (Wildman–Crippen MR) is 203 cm³/mol. The molecule has 0 unspecified atom stereocenters. The SMILES string of the molecule is c1ccc(-c2ccc(-c3nc(-c4ccccc4)nc(-c4cccc5c4c4ccccc4n5-c4ccc5c(c4)oc4ccccc45)n3)cc2)cc1. The summed E-state index contributed by atoms with van der Waals surface area (Å²) in [5.41, 5.74) is 10.1. The highest BCUT2D eigenvalue weighted by atomic mass is 16.3. The summed E-state index contributed by atoms with van der Waals surface area (Å²) in [7, 11) is 0. The summed E-state index contributed by atoms with van der Waals surface area (Å²) in [6.45, 7) is 0. The van der Waals surface area contributed by atoms with Crippen LogP contribution in [0.25, 0.3) is 94.7 Å². The van der Waals surface area contributed by atoms with Gasteiger partial charge in [-0.2, -0.15) is 0 Å². The minimum atomic E-state index is 0.627. The molecule has 0 fully saturated rings. The van der Waals surface area contributed by atoms with Gasteiger partial charge < -0.3 is 8.98 Å². The van der Waals surface area contributed by atoms with Gasteiger partial charge >= 0.3 is 0 Å². The van der Waals surface area contributed by atoms with Crippen molar-refractivity contribution in [3.63, 3.8) is 0 Å². The molecule has 10 rings (SSSR count). The molecular formula is C45H28N4O. The van der Waals surface area contributed by atoms with Crippen LogP contribution in [0.3, 0.4) is 0 Å². The van der Waals surface area contributed by atoms with Gasteiger partial charge in [0.1, 0.15) is 11.2 Å². The maximum atomic E-state index is 6.31. The molecule has 0 saturated heterocycles. The molecule has 0 N–H and O–H groups in total. The number of nitrogens with zero attached hydrogens (tertiary/aromatic N) is 4. The second-order valence-corrected chi connectivity index (χ2v) is 12.4. The summed E-state index contributed by atoms with van der Waals surface area (Å²) in [6, 6.07) is 58.5. The molecule has 7 aromatic carbocycles. The van der Waals surface area contributed by atoms with E-state index >= 15 is 0 Å². The van der Waals surface area contributed by atoms with Gasteiger partial charge in [0, 0.05) is 50.0 Å². The Bertz CT molecular complexity index is 2850. The second-order valence-electron chi connectivity index (χ2n) is 12.4. The van der Waals surface area contributed by atoms with E-state index in [0.717, 1.165) is 71.7 Å². The molecule has 0 bridgehead atoms. The van der Waals surface area contributed by atoms with Crippen molar-refractivity contribution in [3.05, 3.63) is 170 Å². The van der Waals surface area contributed by atoms with Crippen molar-refractivity contribution in [3.8, 4) is 51.0 Å². The Morgan fingerprint density at radius 1 is 0.380 bits per heavy atom. The van der Waals surface area contributed by atoms with Gasteiger partial charge in [-0.05, 0) is 41.5 Å². The van der Waals surface area contributed by atoms with Crippen LogP contribution in [0.4, 0.5) is 0 Å². The smallest absolute Gasteiger partial charge is 0.164 e. The largest absolute Gasteiger partial charge is 0.456 e. The fourth-order valence-electron chi connectivity index (χ4n) is 7.12. The zero-order chi connectivity index (χ0) is 33.0. The van der Waals surface area contributed by atoms with Crippen molar-refractivity contribution in [2.45, 2.75) is 0 Å². The third-order valence-electron chi connectivity index (χ3n) is 9.48. The number of para-hydroxylation sites is 2. The highest BCUT2D eigenvalue weighted by Gasteiger charge is 2.20. The fourth-order valence-corrected chi connectivity index (χ4v) is 7.12. The van der Waals surface area contributed by atoms with Gasteiger partial charge in [-0.1, -0.05) is 133 Å². The molecule has 0 atom stereocenters. The maximum absolute atomic E-state index is 6.31. The van der Waals surface area contributed by atoms with E-state index < -0.39 is 0 Å². The minimum absolute atomic E-state index is 0.627. The molecule has 234 valence electrons. The highest BCUT2D eigenvalue weighted by molar-refractivity contribution is 6.15. The number of fused-ring (bicyclic) bond motifs is 6. The summed E-state index contributed by atoms with van der Waals surface area (Å²) in [5, 5.41) is 4.43. The molecule has 5 nitrogen and oxygen atoms in total. The standard InChI is InChI=1S/C45H28N4O/c1-3-12-29(13-4-1)30-22-24-32(25-23-30)44-46-43(31-14-5-2-6-15-31)47-45(48-44)37-18-11-20-39-42(37)36-17-7-9-19-38(36)49(39)33-26-27-35-34-16-8-10-21-40(34)50-41(35)28-33/h1-28H. The molecule has 0 amide bonds. The lowest BCUT2D eigenvalue weighted by molar-refractivity contribution is 0.668. The van der Waals surface area contributed by atoms with E-state index in [1.807, 2.05) is 48.5 Å². The number of hydrogen-bond donors (Lipinski definition) is 0. The van der Waals surface area contributed by atoms with Gasteiger partial charge in [-0.25, -0.2) is 15.0 Å². The van der Waals surface area contributed by atoms with Gasteiger partial charge in [0.25, 0.3) is 0 Å². The summed E-state index contributed by atoms with van der Waals surface area (Å²) in [4.78, 5) is 15.3. The van der Waals surface area contributed by atoms with Crippen molar-refractivity contribution in [2.24, 2.45) is 0 Å². The van der Waals surface area contributed by atoms with E-state index in [0.29, 0.717) is 17.5 Å². The molecule has 3 heterocycles. The minimum Gasteiger partial charge on any atom is -0.456 e. The molecule has 0 saturated carbocycles. The van der Waals surface area contributed by atoms with E-state index in [4.69, 9.17) is 19.4 Å². The number of aromatic nitrogens is 4. The maximum Gasteiger partial charge on any atom is 0.164 e. The first kappa shape index (κ1) is 28.2. The average Bonchev–Trinajstić information content (AvgIpc) is 3.74. The van der Waals surface area contributed by atoms with Gasteiger partial charge in [-0.15, -0.1) is 0 Å². The quantitative estimate of drug-likeness (QED) is 0.188. The Kier molecular flexibility index (Phi) is 6.42. The first-order chi connectivity index (χ1) is 24.8. The molecule has 0 aliphatic carbocycles. The van der Waals surface area contributed by atoms with E-state index in [2.05, 4.69) is 126 Å². The third-order valence-corrected chi connectivity index (χ3v) is 9.48. The van der Waals surface area contributed by atoms with E-state index in [-0.39, 0.29) is 0 Å². The number of furan rings is 1. The van der Waals surface area contributed by atoms with Crippen LogP contribution in [0.15, 0.2) is 174 Å². The van der Waals surface area contributed by atoms with Gasteiger partial charge in [0.05, 0.1) is 11.0 Å². The van der Waals surface area contributed by atoms with Crippen LogP contribution in [0.1, 0.15) is 0 Å². The van der Waals surface area contributed by atoms with Crippen LogP contribution >= 0.6 is 0 Å². The number of hydrogen-bond acceptors (Lipinski definition) is 4. The summed E-state index contributed by atoms with van der Waals surface area (Å²) in [6.07, 6.45) is 0.